The van der Waals surface area contributed by atoms with Gasteiger partial charge in [-0.05, 0) is 31.2 Å². The standard InChI is InChI=1S/C18H16BrNO5S/c1-12-6-8-14(9-7-12)26(23,24)25-13(10-19)11-20-17(21)15-4-2-3-5-16(15)18(20)22/h2-9,13H,10-11H2,1H3/t13-/m0/s1. The van der Waals surface area contributed by atoms with Crippen molar-refractivity contribution in [2.75, 3.05) is 11.9 Å². The largest absolute Gasteiger partial charge is 0.297 e. The summed E-state index contributed by atoms with van der Waals surface area (Å²) >= 11 is 3.20. The van der Waals surface area contributed by atoms with E-state index in [-0.39, 0.29) is 16.8 Å². The maximum Gasteiger partial charge on any atom is 0.297 e. The number of fused-ring (bicyclic) bond motifs is 1. The number of benzene rings is 2. The van der Waals surface area contributed by atoms with Crippen LogP contribution in [-0.4, -0.2) is 43.1 Å². The lowest BCUT2D eigenvalue weighted by molar-refractivity contribution is 0.0591. The number of nitrogens with zero attached hydrogens (tertiary/aromatic N) is 1. The second-order valence-electron chi connectivity index (χ2n) is 5.91. The van der Waals surface area contributed by atoms with Gasteiger partial charge in [0, 0.05) is 5.33 Å². The summed E-state index contributed by atoms with van der Waals surface area (Å²) in [6.45, 7) is 1.68. The molecule has 0 saturated heterocycles. The molecule has 0 fully saturated rings. The fraction of sp³-hybridized carbons (Fsp3) is 0.222. The molecule has 26 heavy (non-hydrogen) atoms. The number of halogens is 1. The lowest BCUT2D eigenvalue weighted by atomic mass is 10.1. The second kappa shape index (κ2) is 7.30. The van der Waals surface area contributed by atoms with Gasteiger partial charge in [0.15, 0.2) is 0 Å². The molecule has 1 aliphatic rings. The van der Waals surface area contributed by atoms with Crippen LogP contribution in [0.1, 0.15) is 26.3 Å². The molecule has 136 valence electrons. The Morgan fingerprint density at radius 3 is 2.04 bits per heavy atom. The minimum absolute atomic E-state index is 0.0245. The lowest BCUT2D eigenvalue weighted by Gasteiger charge is -2.21. The van der Waals surface area contributed by atoms with E-state index in [4.69, 9.17) is 4.18 Å². The fourth-order valence-corrected chi connectivity index (χ4v) is 4.23. The van der Waals surface area contributed by atoms with Crippen LogP contribution in [0, 0.1) is 6.92 Å². The number of carbonyl (C=O) groups is 2. The highest BCUT2D eigenvalue weighted by Crippen LogP contribution is 2.24. The Bertz CT molecular complexity index is 921. The van der Waals surface area contributed by atoms with E-state index in [1.54, 1.807) is 36.4 Å². The van der Waals surface area contributed by atoms with Crippen molar-refractivity contribution in [1.82, 2.24) is 4.90 Å². The molecule has 0 spiro atoms. The van der Waals surface area contributed by atoms with E-state index >= 15 is 0 Å². The Labute approximate surface area is 160 Å². The molecule has 6 nitrogen and oxygen atoms in total. The Hall–Kier alpha value is -2.03. The Morgan fingerprint density at radius 1 is 1.00 bits per heavy atom. The first-order valence-corrected chi connectivity index (χ1v) is 10.4. The fourth-order valence-electron chi connectivity index (χ4n) is 2.65. The lowest BCUT2D eigenvalue weighted by Crippen LogP contribution is -2.39. The molecule has 2 aromatic rings. The summed E-state index contributed by atoms with van der Waals surface area (Å²) in [5, 5.41) is 0.144. The monoisotopic (exact) mass is 437 g/mol. The highest BCUT2D eigenvalue weighted by atomic mass is 79.9. The molecule has 3 rings (SSSR count). The molecule has 0 unspecified atom stereocenters. The number of hydrogen-bond acceptors (Lipinski definition) is 5. The second-order valence-corrected chi connectivity index (χ2v) is 8.13. The van der Waals surface area contributed by atoms with E-state index in [1.807, 2.05) is 6.92 Å². The molecule has 1 atom stereocenters. The maximum absolute atomic E-state index is 12.4. The first-order valence-electron chi connectivity index (χ1n) is 7.84. The third-order valence-electron chi connectivity index (χ3n) is 4.01. The van der Waals surface area contributed by atoms with Gasteiger partial charge in [-0.3, -0.25) is 18.7 Å². The molecule has 0 saturated carbocycles. The first kappa shape index (κ1) is 18.8. The number of hydrogen-bond donors (Lipinski definition) is 0. The molecule has 0 bridgehead atoms. The quantitative estimate of drug-likeness (QED) is 0.394. The van der Waals surface area contributed by atoms with Crippen molar-refractivity contribution in [2.45, 2.75) is 17.9 Å². The van der Waals surface area contributed by atoms with Crippen molar-refractivity contribution in [3.05, 3.63) is 65.2 Å². The highest BCUT2D eigenvalue weighted by molar-refractivity contribution is 9.09. The van der Waals surface area contributed by atoms with Crippen LogP contribution in [0.15, 0.2) is 53.4 Å². The van der Waals surface area contributed by atoms with E-state index in [9.17, 15) is 18.0 Å². The van der Waals surface area contributed by atoms with E-state index in [2.05, 4.69) is 15.9 Å². The number of aryl methyl sites for hydroxylation is 1. The molecule has 0 aromatic heterocycles. The molecule has 8 heteroatoms. The van der Waals surface area contributed by atoms with E-state index in [0.29, 0.717) is 11.1 Å². The van der Waals surface area contributed by atoms with Crippen LogP contribution < -0.4 is 0 Å². The van der Waals surface area contributed by atoms with Crippen molar-refractivity contribution in [1.29, 1.82) is 0 Å². The van der Waals surface area contributed by atoms with Gasteiger partial charge in [0.2, 0.25) is 0 Å². The Morgan fingerprint density at radius 2 is 1.54 bits per heavy atom. The van der Waals surface area contributed by atoms with Gasteiger partial charge in [-0.25, -0.2) is 0 Å². The average Bonchev–Trinajstić information content (AvgIpc) is 2.86. The van der Waals surface area contributed by atoms with E-state index in [0.717, 1.165) is 10.5 Å². The smallest absolute Gasteiger partial charge is 0.272 e. The molecule has 2 amide bonds. The number of carbonyl (C=O) groups excluding carboxylic acids is 2. The van der Waals surface area contributed by atoms with Gasteiger partial charge in [0.25, 0.3) is 21.9 Å². The summed E-state index contributed by atoms with van der Waals surface area (Å²) in [6.07, 6.45) is -0.900. The predicted molar refractivity (Wildman–Crippen MR) is 98.8 cm³/mol. The van der Waals surface area contributed by atoms with Crippen LogP contribution in [0.4, 0.5) is 0 Å². The third-order valence-corrected chi connectivity index (χ3v) is 6.11. The molecule has 2 aromatic carbocycles. The van der Waals surface area contributed by atoms with Gasteiger partial charge < -0.3 is 0 Å². The van der Waals surface area contributed by atoms with Gasteiger partial charge >= 0.3 is 0 Å². The SMILES string of the molecule is Cc1ccc(S(=O)(=O)O[C@@H](CBr)CN2C(=O)c3ccccc3C2=O)cc1. The van der Waals surface area contributed by atoms with Crippen molar-refractivity contribution in [3.63, 3.8) is 0 Å². The zero-order chi connectivity index (χ0) is 18.9. The molecule has 1 heterocycles. The summed E-state index contributed by atoms with van der Waals surface area (Å²) < 4.78 is 30.1. The summed E-state index contributed by atoms with van der Waals surface area (Å²) in [5.41, 5.74) is 1.55. The van der Waals surface area contributed by atoms with Crippen LogP contribution in [0.2, 0.25) is 0 Å². The minimum atomic E-state index is -4.01. The topological polar surface area (TPSA) is 80.8 Å². The molecule has 0 N–H and O–H groups in total. The van der Waals surface area contributed by atoms with Gasteiger partial charge in [0.05, 0.1) is 22.6 Å². The number of rotatable bonds is 6. The molecular weight excluding hydrogens is 422 g/mol. The van der Waals surface area contributed by atoms with Gasteiger partial charge in [-0.2, -0.15) is 8.42 Å². The number of imide groups is 1. The molecule has 1 aliphatic heterocycles. The Kier molecular flexibility index (Phi) is 5.27. The number of amides is 2. The van der Waals surface area contributed by atoms with Gasteiger partial charge in [-0.1, -0.05) is 45.8 Å². The summed E-state index contributed by atoms with van der Waals surface area (Å²) in [6, 6.07) is 12.7. The van der Waals surface area contributed by atoms with E-state index < -0.39 is 28.0 Å². The molecule has 0 radical (unpaired) electrons. The third kappa shape index (κ3) is 3.58. The van der Waals surface area contributed by atoms with E-state index in [1.165, 1.54) is 12.1 Å². The molecule has 0 aliphatic carbocycles. The average molecular weight is 438 g/mol. The summed E-state index contributed by atoms with van der Waals surface area (Å²) in [7, 11) is -4.01. The van der Waals surface area contributed by atoms with Gasteiger partial charge in [0.1, 0.15) is 6.10 Å². The van der Waals surface area contributed by atoms with Crippen LogP contribution in [-0.2, 0) is 14.3 Å². The maximum atomic E-state index is 12.4. The first-order chi connectivity index (χ1) is 12.3. The summed E-state index contributed by atoms with van der Waals surface area (Å²) in [5.74, 6) is -0.902. The normalized spacial score (nSPS) is 15.2. The van der Waals surface area contributed by atoms with Crippen LogP contribution in [0.25, 0.3) is 0 Å². The van der Waals surface area contributed by atoms with Crippen molar-refractivity contribution in [3.8, 4) is 0 Å². The van der Waals surface area contributed by atoms with Crippen molar-refractivity contribution >= 4 is 37.9 Å². The van der Waals surface area contributed by atoms with Gasteiger partial charge in [-0.15, -0.1) is 0 Å². The minimum Gasteiger partial charge on any atom is -0.272 e. The number of alkyl halides is 1. The van der Waals surface area contributed by atoms with Crippen LogP contribution in [0.3, 0.4) is 0 Å². The highest BCUT2D eigenvalue weighted by Gasteiger charge is 2.37. The van der Waals surface area contributed by atoms with Crippen molar-refractivity contribution in [2.24, 2.45) is 0 Å². The predicted octanol–water partition coefficient (Wildman–Crippen LogP) is 2.76. The summed E-state index contributed by atoms with van der Waals surface area (Å²) in [4.78, 5) is 25.9. The zero-order valence-electron chi connectivity index (χ0n) is 13.9. The van der Waals surface area contributed by atoms with Crippen molar-refractivity contribution < 1.29 is 22.2 Å². The van der Waals surface area contributed by atoms with Crippen LogP contribution in [0.5, 0.6) is 0 Å². The zero-order valence-corrected chi connectivity index (χ0v) is 16.3. The molecular formula is C18H16BrNO5S. The Balaban J connectivity index is 1.77. The van der Waals surface area contributed by atoms with Crippen LogP contribution >= 0.6 is 15.9 Å².